The van der Waals surface area contributed by atoms with Crippen LogP contribution in [0.4, 0.5) is 0 Å². The van der Waals surface area contributed by atoms with Gasteiger partial charge < -0.3 is 5.32 Å². The summed E-state index contributed by atoms with van der Waals surface area (Å²) in [6, 6.07) is 9.64. The highest BCUT2D eigenvalue weighted by molar-refractivity contribution is 7.99. The van der Waals surface area contributed by atoms with Crippen LogP contribution < -0.4 is 5.32 Å². The number of amides is 1. The largest absolute Gasteiger partial charge is 0.349 e. The van der Waals surface area contributed by atoms with E-state index in [4.69, 9.17) is 5.26 Å². The van der Waals surface area contributed by atoms with Crippen molar-refractivity contribution in [3.05, 3.63) is 47.3 Å². The monoisotopic (exact) mass is 340 g/mol. The summed E-state index contributed by atoms with van der Waals surface area (Å²) in [5, 5.41) is 16.2. The number of nitrogens with one attached hydrogen (secondary N) is 1. The number of carbonyl (C=O) groups excluding carboxylic acids is 1. The molecule has 0 saturated carbocycles. The molecule has 1 aliphatic carbocycles. The van der Waals surface area contributed by atoms with Crippen molar-refractivity contribution in [2.24, 2.45) is 7.05 Å². The lowest BCUT2D eigenvalue weighted by molar-refractivity contribution is -0.121. The molecule has 1 aromatic carbocycles. The first-order chi connectivity index (χ1) is 11.7. The lowest BCUT2D eigenvalue weighted by Gasteiger charge is -2.23. The lowest BCUT2D eigenvalue weighted by atomic mass is 9.93. The molecule has 6 heteroatoms. The molecule has 0 saturated heterocycles. The van der Waals surface area contributed by atoms with E-state index in [0.29, 0.717) is 12.0 Å². The molecule has 1 amide bonds. The summed E-state index contributed by atoms with van der Waals surface area (Å²) in [6.45, 7) is 0. The molecular formula is C18H20N4OS. The highest BCUT2D eigenvalue weighted by atomic mass is 32.2. The van der Waals surface area contributed by atoms with Crippen molar-refractivity contribution in [1.82, 2.24) is 15.1 Å². The number of hydrogen-bond acceptors (Lipinski definition) is 4. The quantitative estimate of drug-likeness (QED) is 0.850. The maximum absolute atomic E-state index is 12.2. The zero-order valence-electron chi connectivity index (χ0n) is 13.7. The van der Waals surface area contributed by atoms with E-state index in [2.05, 4.69) is 16.5 Å². The van der Waals surface area contributed by atoms with Gasteiger partial charge >= 0.3 is 0 Å². The van der Waals surface area contributed by atoms with E-state index in [1.807, 2.05) is 30.1 Å². The molecule has 1 aliphatic rings. The Bertz CT molecular complexity index is 760. The number of hydrogen-bond donors (Lipinski definition) is 1. The highest BCUT2D eigenvalue weighted by Crippen LogP contribution is 2.29. The lowest BCUT2D eigenvalue weighted by Crippen LogP contribution is -2.31. The number of fused-ring (bicyclic) bond motifs is 1. The minimum absolute atomic E-state index is 0.0813. The standard InChI is InChI=1S/C18H20N4OS/c1-22-17-4-2-3-16(15(17)12-20-22)21-18(23)9-10-24-14-7-5-13(11-19)6-8-14/h5-8,12,16H,2-4,9-10H2,1H3,(H,21,23). The van der Waals surface area contributed by atoms with Crippen molar-refractivity contribution in [2.75, 3.05) is 5.75 Å². The Morgan fingerprint density at radius 1 is 1.46 bits per heavy atom. The Morgan fingerprint density at radius 3 is 3.00 bits per heavy atom. The average molecular weight is 340 g/mol. The van der Waals surface area contributed by atoms with E-state index in [1.165, 1.54) is 5.69 Å². The smallest absolute Gasteiger partial charge is 0.221 e. The van der Waals surface area contributed by atoms with E-state index in [-0.39, 0.29) is 11.9 Å². The summed E-state index contributed by atoms with van der Waals surface area (Å²) in [5.41, 5.74) is 3.05. The van der Waals surface area contributed by atoms with Gasteiger partial charge in [-0.3, -0.25) is 9.48 Å². The van der Waals surface area contributed by atoms with Crippen molar-refractivity contribution in [3.8, 4) is 6.07 Å². The van der Waals surface area contributed by atoms with Gasteiger partial charge in [0.15, 0.2) is 0 Å². The Labute approximate surface area is 146 Å². The van der Waals surface area contributed by atoms with Crippen molar-refractivity contribution in [3.63, 3.8) is 0 Å². The molecule has 1 aromatic heterocycles. The second-order valence-electron chi connectivity index (χ2n) is 5.92. The first-order valence-electron chi connectivity index (χ1n) is 8.10. The molecule has 5 nitrogen and oxygen atoms in total. The fourth-order valence-corrected chi connectivity index (χ4v) is 3.86. The predicted molar refractivity (Wildman–Crippen MR) is 93.5 cm³/mol. The number of benzene rings is 1. The summed E-state index contributed by atoms with van der Waals surface area (Å²) >= 11 is 1.63. The Hall–Kier alpha value is -2.26. The third-order valence-corrected chi connectivity index (χ3v) is 5.31. The number of rotatable bonds is 5. The number of carbonyl (C=O) groups is 1. The number of aryl methyl sites for hydroxylation is 1. The second kappa shape index (κ2) is 7.54. The summed E-state index contributed by atoms with van der Waals surface area (Å²) in [6.07, 6.45) is 5.46. The molecule has 2 aromatic rings. The Kier molecular flexibility index (Phi) is 5.21. The number of thioether (sulfide) groups is 1. The van der Waals surface area contributed by atoms with Gasteiger partial charge in [-0.15, -0.1) is 11.8 Å². The average Bonchev–Trinajstić information content (AvgIpc) is 2.98. The van der Waals surface area contributed by atoms with E-state index in [0.717, 1.165) is 35.5 Å². The minimum atomic E-state index is 0.0813. The zero-order chi connectivity index (χ0) is 16.9. The molecule has 0 bridgehead atoms. The van der Waals surface area contributed by atoms with Crippen LogP contribution in [0.3, 0.4) is 0 Å². The molecule has 1 atom stereocenters. The summed E-state index contributed by atoms with van der Waals surface area (Å²) < 4.78 is 1.91. The topological polar surface area (TPSA) is 70.7 Å². The molecule has 1 heterocycles. The van der Waals surface area contributed by atoms with Gasteiger partial charge in [0.1, 0.15) is 0 Å². The van der Waals surface area contributed by atoms with Crippen molar-refractivity contribution in [2.45, 2.75) is 36.6 Å². The van der Waals surface area contributed by atoms with Crippen molar-refractivity contribution in [1.29, 1.82) is 5.26 Å². The van der Waals surface area contributed by atoms with Crippen LogP contribution in [0, 0.1) is 11.3 Å². The number of nitrogens with zero attached hydrogens (tertiary/aromatic N) is 3. The van der Waals surface area contributed by atoms with Crippen molar-refractivity contribution < 1.29 is 4.79 Å². The molecule has 124 valence electrons. The highest BCUT2D eigenvalue weighted by Gasteiger charge is 2.24. The predicted octanol–water partition coefficient (Wildman–Crippen LogP) is 2.97. The van der Waals surface area contributed by atoms with Gasteiger partial charge in [-0.2, -0.15) is 10.4 Å². The molecule has 0 fully saturated rings. The fraction of sp³-hybridized carbons (Fsp3) is 0.389. The van der Waals surface area contributed by atoms with Crippen LogP contribution in [-0.4, -0.2) is 21.4 Å². The van der Waals surface area contributed by atoms with Crippen LogP contribution in [0.25, 0.3) is 0 Å². The summed E-state index contributed by atoms with van der Waals surface area (Å²) in [5.74, 6) is 0.808. The van der Waals surface area contributed by atoms with Gasteiger partial charge in [0.25, 0.3) is 0 Å². The van der Waals surface area contributed by atoms with Crippen LogP contribution >= 0.6 is 11.8 Å². The summed E-state index contributed by atoms with van der Waals surface area (Å²) in [4.78, 5) is 13.3. The van der Waals surface area contributed by atoms with Crippen LogP contribution in [0.2, 0.25) is 0 Å². The van der Waals surface area contributed by atoms with Crippen LogP contribution in [0.15, 0.2) is 35.4 Å². The number of nitriles is 1. The van der Waals surface area contributed by atoms with Gasteiger partial charge in [-0.05, 0) is 43.5 Å². The molecule has 3 rings (SSSR count). The van der Waals surface area contributed by atoms with Gasteiger partial charge in [0.2, 0.25) is 5.91 Å². The number of aromatic nitrogens is 2. The van der Waals surface area contributed by atoms with Gasteiger partial charge in [-0.1, -0.05) is 0 Å². The van der Waals surface area contributed by atoms with E-state index >= 15 is 0 Å². The molecule has 1 unspecified atom stereocenters. The van der Waals surface area contributed by atoms with Gasteiger partial charge in [0, 0.05) is 35.4 Å². The third-order valence-electron chi connectivity index (χ3n) is 4.29. The van der Waals surface area contributed by atoms with E-state index in [1.54, 1.807) is 23.9 Å². The molecule has 0 aliphatic heterocycles. The minimum Gasteiger partial charge on any atom is -0.349 e. The molecule has 24 heavy (non-hydrogen) atoms. The maximum atomic E-state index is 12.2. The molecule has 1 N–H and O–H groups in total. The Balaban J connectivity index is 1.49. The SMILES string of the molecule is Cn1ncc2c1CCCC2NC(=O)CCSc1ccc(C#N)cc1. The first kappa shape index (κ1) is 16.6. The van der Waals surface area contributed by atoms with Gasteiger partial charge in [0.05, 0.1) is 23.9 Å². The van der Waals surface area contributed by atoms with Crippen LogP contribution in [-0.2, 0) is 18.3 Å². The fourth-order valence-electron chi connectivity index (χ4n) is 3.01. The maximum Gasteiger partial charge on any atom is 0.221 e. The molecule has 0 radical (unpaired) electrons. The van der Waals surface area contributed by atoms with Gasteiger partial charge in [-0.25, -0.2) is 0 Å². The zero-order valence-corrected chi connectivity index (χ0v) is 14.5. The summed E-state index contributed by atoms with van der Waals surface area (Å²) in [7, 11) is 1.96. The first-order valence-corrected chi connectivity index (χ1v) is 9.09. The van der Waals surface area contributed by atoms with E-state index in [9.17, 15) is 4.79 Å². The molecule has 0 spiro atoms. The van der Waals surface area contributed by atoms with E-state index < -0.39 is 0 Å². The molecular weight excluding hydrogens is 320 g/mol. The second-order valence-corrected chi connectivity index (χ2v) is 7.09. The van der Waals surface area contributed by atoms with Crippen LogP contribution in [0.1, 0.15) is 42.1 Å². The Morgan fingerprint density at radius 2 is 2.25 bits per heavy atom. The third kappa shape index (κ3) is 3.80. The van der Waals surface area contributed by atoms with Crippen LogP contribution in [0.5, 0.6) is 0 Å². The normalized spacial score (nSPS) is 16.2. The van der Waals surface area contributed by atoms with Crippen molar-refractivity contribution >= 4 is 17.7 Å².